The molecule has 9 nitrogen and oxygen atoms in total. The Morgan fingerprint density at radius 2 is 1.65 bits per heavy atom. The molecule has 2 aliphatic carbocycles. The first-order chi connectivity index (χ1) is 20.7. The standard InChI is InChI=1S/C33H27ClN2O7/c1-43-25-12-6-11-24(37)27(25)28-20-13-14-21-26(31(40)36(42)29(21)38)22(20)16-23-30(39)35(19-10-5-9-18(34)15-19)32(41)33(23,28)17-7-3-2-4-8-17/h2-13,15,21-23,26,28,37,42H,14,16H2,1H3/t21-,22+,23-,26-,28+,33+/m0/s1. The van der Waals surface area contributed by atoms with Gasteiger partial charge in [-0.1, -0.05) is 65.7 Å². The summed E-state index contributed by atoms with van der Waals surface area (Å²) < 4.78 is 5.74. The quantitative estimate of drug-likeness (QED) is 0.255. The molecule has 0 unspecified atom stereocenters. The van der Waals surface area contributed by atoms with Crippen molar-refractivity contribution in [2.75, 3.05) is 12.0 Å². The van der Waals surface area contributed by atoms with Gasteiger partial charge in [0, 0.05) is 16.5 Å². The molecule has 10 heteroatoms. The van der Waals surface area contributed by atoms with Crippen LogP contribution in [0, 0.1) is 23.7 Å². The Kier molecular flexibility index (Phi) is 6.23. The number of carbonyl (C=O) groups is 4. The molecule has 218 valence electrons. The fourth-order valence-corrected chi connectivity index (χ4v) is 8.23. The summed E-state index contributed by atoms with van der Waals surface area (Å²) in [5.41, 5.74) is 0.273. The zero-order valence-corrected chi connectivity index (χ0v) is 23.8. The van der Waals surface area contributed by atoms with Gasteiger partial charge in [-0.3, -0.25) is 24.4 Å². The predicted octanol–water partition coefficient (Wildman–Crippen LogP) is 4.61. The third kappa shape index (κ3) is 3.61. The molecule has 0 spiro atoms. The summed E-state index contributed by atoms with van der Waals surface area (Å²) in [6, 6.07) is 20.3. The molecule has 3 aromatic carbocycles. The minimum Gasteiger partial charge on any atom is -0.508 e. The molecule has 0 bridgehead atoms. The van der Waals surface area contributed by atoms with Crippen molar-refractivity contribution < 1.29 is 34.2 Å². The molecule has 6 atom stereocenters. The second-order valence-corrected chi connectivity index (χ2v) is 11.9. The van der Waals surface area contributed by atoms with Crippen LogP contribution in [-0.4, -0.2) is 46.1 Å². The lowest BCUT2D eigenvalue weighted by atomic mass is 9.49. The number of halogens is 1. The van der Waals surface area contributed by atoms with Gasteiger partial charge in [0.25, 0.3) is 11.8 Å². The number of hydrogen-bond acceptors (Lipinski definition) is 7. The number of phenols is 1. The summed E-state index contributed by atoms with van der Waals surface area (Å²) in [6.45, 7) is 0. The first-order valence-electron chi connectivity index (χ1n) is 14.0. The number of carbonyl (C=O) groups excluding carboxylic acids is 4. The van der Waals surface area contributed by atoms with Crippen LogP contribution < -0.4 is 9.64 Å². The zero-order valence-electron chi connectivity index (χ0n) is 23.0. The molecule has 4 amide bonds. The number of methoxy groups -OCH3 is 1. The third-order valence-corrected chi connectivity index (χ3v) is 9.93. The van der Waals surface area contributed by atoms with E-state index in [1.807, 2.05) is 12.1 Å². The van der Waals surface area contributed by atoms with Gasteiger partial charge in [0.05, 0.1) is 36.0 Å². The van der Waals surface area contributed by atoms with Crippen molar-refractivity contribution in [3.63, 3.8) is 0 Å². The van der Waals surface area contributed by atoms with Crippen LogP contribution in [-0.2, 0) is 24.6 Å². The highest BCUT2D eigenvalue weighted by Crippen LogP contribution is 2.66. The highest BCUT2D eigenvalue weighted by molar-refractivity contribution is 6.32. The molecule has 7 rings (SSSR count). The van der Waals surface area contributed by atoms with E-state index in [4.69, 9.17) is 16.3 Å². The van der Waals surface area contributed by atoms with E-state index in [-0.39, 0.29) is 23.7 Å². The summed E-state index contributed by atoms with van der Waals surface area (Å²) >= 11 is 6.31. The van der Waals surface area contributed by atoms with Crippen LogP contribution in [0.15, 0.2) is 84.4 Å². The number of nitrogens with zero attached hydrogens (tertiary/aromatic N) is 2. The van der Waals surface area contributed by atoms with Crippen molar-refractivity contribution in [2.24, 2.45) is 23.7 Å². The van der Waals surface area contributed by atoms with Crippen LogP contribution >= 0.6 is 11.6 Å². The highest BCUT2D eigenvalue weighted by Gasteiger charge is 2.70. The first kappa shape index (κ1) is 27.4. The van der Waals surface area contributed by atoms with Crippen LogP contribution in [0.2, 0.25) is 5.02 Å². The van der Waals surface area contributed by atoms with Gasteiger partial charge >= 0.3 is 0 Å². The van der Waals surface area contributed by atoms with Gasteiger partial charge < -0.3 is 9.84 Å². The van der Waals surface area contributed by atoms with Gasteiger partial charge in [-0.15, -0.1) is 0 Å². The minimum atomic E-state index is -1.55. The van der Waals surface area contributed by atoms with E-state index in [0.717, 1.165) is 4.90 Å². The van der Waals surface area contributed by atoms with E-state index in [0.29, 0.717) is 33.2 Å². The van der Waals surface area contributed by atoms with E-state index >= 15 is 4.79 Å². The lowest BCUT2D eigenvalue weighted by Gasteiger charge is -2.50. The molecule has 2 N–H and O–H groups in total. The number of anilines is 1. The van der Waals surface area contributed by atoms with E-state index < -0.39 is 58.6 Å². The Morgan fingerprint density at radius 1 is 0.907 bits per heavy atom. The summed E-state index contributed by atoms with van der Waals surface area (Å²) in [7, 11) is 1.46. The van der Waals surface area contributed by atoms with Crippen molar-refractivity contribution in [3.05, 3.63) is 101 Å². The molecule has 1 saturated carbocycles. The molecule has 4 aliphatic rings. The predicted molar refractivity (Wildman–Crippen MR) is 154 cm³/mol. The second kappa shape index (κ2) is 9.79. The average Bonchev–Trinajstić information content (AvgIpc) is 3.38. The second-order valence-electron chi connectivity index (χ2n) is 11.5. The van der Waals surface area contributed by atoms with Crippen LogP contribution in [0.5, 0.6) is 11.5 Å². The number of amides is 4. The molecule has 3 aromatic rings. The van der Waals surface area contributed by atoms with E-state index in [1.54, 1.807) is 60.7 Å². The molecule has 0 aromatic heterocycles. The number of benzene rings is 3. The summed E-state index contributed by atoms with van der Waals surface area (Å²) in [4.78, 5) is 57.0. The SMILES string of the molecule is COc1cccc(O)c1[C@H]1C2=CC[C@@H]3C(=O)N(O)C(=O)[C@@H]3[C@@H]2C[C@H]2C(=O)N(c3cccc(Cl)c3)C(=O)[C@@]12c1ccccc1. The molecular weight excluding hydrogens is 572 g/mol. The molecule has 2 heterocycles. The number of hydroxylamine groups is 2. The topological polar surface area (TPSA) is 124 Å². The van der Waals surface area contributed by atoms with Crippen molar-refractivity contribution in [2.45, 2.75) is 24.2 Å². The van der Waals surface area contributed by atoms with E-state index in [9.17, 15) is 24.7 Å². The van der Waals surface area contributed by atoms with Gasteiger partial charge in [0.1, 0.15) is 11.5 Å². The molecular formula is C33H27ClN2O7. The molecule has 0 radical (unpaired) electrons. The Morgan fingerprint density at radius 3 is 2.37 bits per heavy atom. The van der Waals surface area contributed by atoms with Crippen LogP contribution in [0.1, 0.15) is 29.9 Å². The number of hydrogen-bond donors (Lipinski definition) is 2. The minimum absolute atomic E-state index is 0.0722. The number of ether oxygens (including phenoxy) is 1. The third-order valence-electron chi connectivity index (χ3n) is 9.70. The van der Waals surface area contributed by atoms with Gasteiger partial charge in [0.15, 0.2) is 0 Å². The van der Waals surface area contributed by atoms with Gasteiger partial charge in [-0.25, -0.2) is 4.90 Å². The van der Waals surface area contributed by atoms with E-state index in [2.05, 4.69) is 0 Å². The Bertz CT molecular complexity index is 1740. The monoisotopic (exact) mass is 598 g/mol. The number of aromatic hydroxyl groups is 1. The van der Waals surface area contributed by atoms with Gasteiger partial charge in [-0.05, 0) is 54.7 Å². The summed E-state index contributed by atoms with van der Waals surface area (Å²) in [6.07, 6.45) is 2.07. The number of phenolic OH excluding ortho intramolecular Hbond substituents is 1. The molecule has 3 fully saturated rings. The number of imide groups is 2. The Hall–Kier alpha value is -4.47. The largest absolute Gasteiger partial charge is 0.508 e. The van der Waals surface area contributed by atoms with Crippen molar-refractivity contribution in [3.8, 4) is 11.5 Å². The van der Waals surface area contributed by atoms with Crippen molar-refractivity contribution in [1.82, 2.24) is 5.06 Å². The van der Waals surface area contributed by atoms with Crippen LogP contribution in [0.4, 0.5) is 5.69 Å². The fraction of sp³-hybridized carbons (Fsp3) is 0.273. The zero-order chi connectivity index (χ0) is 30.2. The van der Waals surface area contributed by atoms with Crippen molar-refractivity contribution >= 4 is 40.9 Å². The molecule has 2 saturated heterocycles. The maximum Gasteiger partial charge on any atom is 0.257 e. The maximum atomic E-state index is 15.1. The van der Waals surface area contributed by atoms with Crippen LogP contribution in [0.25, 0.3) is 0 Å². The van der Waals surface area contributed by atoms with Gasteiger partial charge in [-0.2, -0.15) is 5.06 Å². The normalized spacial score (nSPS) is 29.7. The molecule has 2 aliphatic heterocycles. The fourth-order valence-electron chi connectivity index (χ4n) is 8.04. The van der Waals surface area contributed by atoms with E-state index in [1.165, 1.54) is 13.2 Å². The molecule has 43 heavy (non-hydrogen) atoms. The number of rotatable bonds is 4. The Labute approximate surface area is 251 Å². The van der Waals surface area contributed by atoms with Crippen LogP contribution in [0.3, 0.4) is 0 Å². The lowest BCUT2D eigenvalue weighted by Crippen LogP contribution is -2.53. The highest BCUT2D eigenvalue weighted by atomic mass is 35.5. The summed E-state index contributed by atoms with van der Waals surface area (Å²) in [5, 5.41) is 22.3. The van der Waals surface area contributed by atoms with Gasteiger partial charge in [0.2, 0.25) is 11.8 Å². The average molecular weight is 599 g/mol. The first-order valence-corrected chi connectivity index (χ1v) is 14.4. The number of allylic oxidation sites excluding steroid dienone is 2. The smallest absolute Gasteiger partial charge is 0.257 e. The van der Waals surface area contributed by atoms with Crippen molar-refractivity contribution in [1.29, 1.82) is 0 Å². The Balaban J connectivity index is 1.55. The summed E-state index contributed by atoms with van der Waals surface area (Å²) in [5.74, 6) is -6.55. The number of fused-ring (bicyclic) bond motifs is 4. The maximum absolute atomic E-state index is 15.1. The lowest BCUT2D eigenvalue weighted by molar-refractivity contribution is -0.173.